The summed E-state index contributed by atoms with van der Waals surface area (Å²) in [6, 6.07) is 9.09. The number of anilines is 1. The van der Waals surface area contributed by atoms with E-state index < -0.39 is 22.8 Å². The summed E-state index contributed by atoms with van der Waals surface area (Å²) in [6.07, 6.45) is -4.62. The second-order valence-corrected chi connectivity index (χ2v) is 7.31. The molecule has 0 bridgehead atoms. The summed E-state index contributed by atoms with van der Waals surface area (Å²) in [7, 11) is 5.60. The number of nitrogens with one attached hydrogen (secondary N) is 1. The van der Waals surface area contributed by atoms with Crippen LogP contribution in [0.15, 0.2) is 41.2 Å². The Bertz CT molecular complexity index is 1080. The van der Waals surface area contributed by atoms with Crippen LogP contribution < -0.4 is 11.0 Å². The number of alkyl halides is 3. The van der Waals surface area contributed by atoms with Crippen LogP contribution in [0.5, 0.6) is 0 Å². The van der Waals surface area contributed by atoms with Crippen molar-refractivity contribution in [3.8, 4) is 5.69 Å². The molecule has 0 saturated carbocycles. The number of aromatic nitrogens is 3. The minimum absolute atomic E-state index is 0.0918. The van der Waals surface area contributed by atoms with E-state index in [4.69, 9.17) is 0 Å². The summed E-state index contributed by atoms with van der Waals surface area (Å²) in [6.45, 7) is 1.77. The normalized spacial score (nSPS) is 12.3. The van der Waals surface area contributed by atoms with Gasteiger partial charge in [0, 0.05) is 0 Å². The van der Waals surface area contributed by atoms with Gasteiger partial charge in [0.25, 0.3) is 0 Å². The number of rotatable bonds is 3. The van der Waals surface area contributed by atoms with Gasteiger partial charge < -0.3 is 5.32 Å². The summed E-state index contributed by atoms with van der Waals surface area (Å²) < 4.78 is 40.8. The molecule has 0 saturated heterocycles. The minimum Gasteiger partial charge on any atom is -0.387 e. The predicted molar refractivity (Wildman–Crippen MR) is 107 cm³/mol. The number of pyridine rings is 1. The second-order valence-electron chi connectivity index (χ2n) is 7.31. The van der Waals surface area contributed by atoms with Crippen molar-refractivity contribution in [1.82, 2.24) is 14.5 Å². The summed E-state index contributed by atoms with van der Waals surface area (Å²) in [5, 5.41) is 2.96. The number of nitrogens with zero attached hydrogens (tertiary/aromatic N) is 3. The minimum atomic E-state index is -4.62. The molecule has 27 heavy (non-hydrogen) atoms. The Kier molecular flexibility index (Phi) is 4.57. The molecular weight excluding hydrogens is 354 g/mol. The number of aryl methyl sites for hydroxylation is 1. The van der Waals surface area contributed by atoms with Crippen molar-refractivity contribution in [3.05, 3.63) is 58.1 Å². The fraction of sp³-hybridized carbons (Fsp3) is 0.188. The van der Waals surface area contributed by atoms with Gasteiger partial charge in [0.1, 0.15) is 35.1 Å². The number of para-hydroxylation sites is 1. The molecule has 0 amide bonds. The molecule has 2 aromatic heterocycles. The van der Waals surface area contributed by atoms with E-state index >= 15 is 0 Å². The molecule has 0 fully saturated rings. The van der Waals surface area contributed by atoms with Gasteiger partial charge in [0.2, 0.25) is 0 Å². The predicted octanol–water partition coefficient (Wildman–Crippen LogP) is 0.0304. The van der Waals surface area contributed by atoms with Gasteiger partial charge in [-0.15, -0.1) is 0 Å². The molecule has 3 aromatic rings. The molecule has 0 radical (unpaired) electrons. The average molecular weight is 370 g/mol. The third-order valence-electron chi connectivity index (χ3n) is 3.88. The molecule has 136 valence electrons. The van der Waals surface area contributed by atoms with E-state index in [2.05, 4.69) is 15.3 Å². The zero-order valence-corrected chi connectivity index (χ0v) is 15.3. The SMILES string of the molecule is BC(B)(B)Nc1nc(=O)n(-c2ccccc2C)c2nc(C(F)(F)F)ccc12. The van der Waals surface area contributed by atoms with Crippen LogP contribution in [0.25, 0.3) is 16.7 Å². The van der Waals surface area contributed by atoms with Crippen LogP contribution in [0.2, 0.25) is 0 Å². The molecule has 0 atom stereocenters. The van der Waals surface area contributed by atoms with Gasteiger partial charge in [-0.05, 0) is 35.9 Å². The zero-order valence-electron chi connectivity index (χ0n) is 15.3. The van der Waals surface area contributed by atoms with Crippen molar-refractivity contribution in [2.45, 2.75) is 18.3 Å². The van der Waals surface area contributed by atoms with E-state index in [0.29, 0.717) is 11.1 Å². The molecule has 5 nitrogen and oxygen atoms in total. The van der Waals surface area contributed by atoms with Crippen LogP contribution in [-0.2, 0) is 6.18 Å². The van der Waals surface area contributed by atoms with Crippen molar-refractivity contribution < 1.29 is 13.2 Å². The lowest BCUT2D eigenvalue weighted by Gasteiger charge is -2.23. The smallest absolute Gasteiger partial charge is 0.387 e. The van der Waals surface area contributed by atoms with Crippen molar-refractivity contribution in [2.24, 2.45) is 0 Å². The summed E-state index contributed by atoms with van der Waals surface area (Å²) >= 11 is 0. The first-order valence-electron chi connectivity index (χ1n) is 8.32. The van der Waals surface area contributed by atoms with E-state index in [1.54, 1.807) is 31.2 Å². The molecule has 0 aliphatic carbocycles. The molecule has 2 heterocycles. The van der Waals surface area contributed by atoms with Crippen molar-refractivity contribution in [2.75, 3.05) is 5.32 Å². The zero-order chi connectivity index (χ0) is 20.0. The maximum absolute atomic E-state index is 13.2. The highest BCUT2D eigenvalue weighted by Crippen LogP contribution is 2.31. The topological polar surface area (TPSA) is 59.8 Å². The first-order valence-corrected chi connectivity index (χ1v) is 8.32. The standard InChI is InChI=1S/C16H16B3F3N4O/c1-8-4-2-3-5-10(8)26-13-9(6-7-11(23-13)15(20,21)22)12(24-14(26)27)25-16(17,18)19/h2-7H,17-19H2,1H3,(H,24,25,27). The molecule has 1 N–H and O–H groups in total. The maximum atomic E-state index is 13.2. The van der Waals surface area contributed by atoms with Crippen LogP contribution in [-0.4, -0.2) is 43.3 Å². The van der Waals surface area contributed by atoms with Gasteiger partial charge in [-0.2, -0.15) is 18.2 Å². The molecular formula is C16H16B3F3N4O. The maximum Gasteiger partial charge on any atom is 0.433 e. The third-order valence-corrected chi connectivity index (χ3v) is 3.88. The first-order chi connectivity index (χ1) is 12.5. The summed E-state index contributed by atoms with van der Waals surface area (Å²) in [4.78, 5) is 20.6. The lowest BCUT2D eigenvalue weighted by molar-refractivity contribution is -0.141. The second kappa shape index (κ2) is 6.47. The van der Waals surface area contributed by atoms with Crippen molar-refractivity contribution in [3.63, 3.8) is 0 Å². The van der Waals surface area contributed by atoms with Gasteiger partial charge in [0.15, 0.2) is 5.65 Å². The molecule has 3 rings (SSSR count). The fourth-order valence-corrected chi connectivity index (χ4v) is 2.74. The molecule has 0 aliphatic rings. The quantitative estimate of drug-likeness (QED) is 0.662. The molecule has 1 aromatic carbocycles. The molecule has 11 heteroatoms. The van der Waals surface area contributed by atoms with E-state index in [9.17, 15) is 18.0 Å². The number of fused-ring (bicyclic) bond motifs is 1. The van der Waals surface area contributed by atoms with Gasteiger partial charge >= 0.3 is 11.9 Å². The Balaban J connectivity index is 2.41. The Morgan fingerprint density at radius 2 is 1.70 bits per heavy atom. The van der Waals surface area contributed by atoms with E-state index in [1.807, 2.05) is 23.5 Å². The highest BCUT2D eigenvalue weighted by atomic mass is 19.4. The summed E-state index contributed by atoms with van der Waals surface area (Å²) in [5.74, 6) is 0.202. The first kappa shape index (κ1) is 19.1. The Labute approximate surface area is 156 Å². The van der Waals surface area contributed by atoms with Crippen molar-refractivity contribution >= 4 is 40.4 Å². The Morgan fingerprint density at radius 3 is 2.30 bits per heavy atom. The van der Waals surface area contributed by atoms with Gasteiger partial charge in [-0.25, -0.2) is 14.3 Å². The highest BCUT2D eigenvalue weighted by molar-refractivity contribution is 6.60. The molecule has 0 aliphatic heterocycles. The highest BCUT2D eigenvalue weighted by Gasteiger charge is 2.33. The fourth-order valence-electron chi connectivity index (χ4n) is 2.74. The molecule has 0 spiro atoms. The van der Waals surface area contributed by atoms with Crippen LogP contribution in [0.3, 0.4) is 0 Å². The Hall–Kier alpha value is -2.71. The van der Waals surface area contributed by atoms with Crippen LogP contribution >= 0.6 is 0 Å². The van der Waals surface area contributed by atoms with Crippen LogP contribution in [0, 0.1) is 6.92 Å². The van der Waals surface area contributed by atoms with Gasteiger partial charge in [0.05, 0.1) is 11.1 Å². The lowest BCUT2D eigenvalue weighted by Crippen LogP contribution is -2.41. The number of benzene rings is 1. The van der Waals surface area contributed by atoms with Crippen molar-refractivity contribution in [1.29, 1.82) is 0 Å². The molecule has 0 unspecified atom stereocenters. The number of hydrogen-bond donors (Lipinski definition) is 1. The Morgan fingerprint density at radius 1 is 1.04 bits per heavy atom. The lowest BCUT2D eigenvalue weighted by atomic mass is 9.49. The summed E-state index contributed by atoms with van der Waals surface area (Å²) in [5.41, 5.74) is -0.696. The largest absolute Gasteiger partial charge is 0.433 e. The van der Waals surface area contributed by atoms with Crippen LogP contribution in [0.1, 0.15) is 11.3 Å². The number of halogens is 3. The average Bonchev–Trinajstić information content (AvgIpc) is 2.53. The third kappa shape index (κ3) is 3.86. The monoisotopic (exact) mass is 370 g/mol. The van der Waals surface area contributed by atoms with Crippen LogP contribution in [0.4, 0.5) is 19.0 Å². The van der Waals surface area contributed by atoms with Gasteiger partial charge in [-0.1, -0.05) is 18.2 Å². The van der Waals surface area contributed by atoms with E-state index in [1.165, 1.54) is 6.07 Å². The van der Waals surface area contributed by atoms with E-state index in [0.717, 1.165) is 16.2 Å². The van der Waals surface area contributed by atoms with Gasteiger partial charge in [-0.3, -0.25) is 0 Å². The number of hydrogen-bond acceptors (Lipinski definition) is 4. The van der Waals surface area contributed by atoms with E-state index in [-0.39, 0.29) is 11.5 Å².